The minimum Gasteiger partial charge on any atom is -0.465 e. The van der Waals surface area contributed by atoms with Crippen molar-refractivity contribution in [1.29, 1.82) is 0 Å². The van der Waals surface area contributed by atoms with E-state index < -0.39 is 5.54 Å². The highest BCUT2D eigenvalue weighted by Crippen LogP contribution is 2.39. The van der Waals surface area contributed by atoms with E-state index in [1.807, 2.05) is 14.0 Å². The van der Waals surface area contributed by atoms with Crippen LogP contribution in [-0.2, 0) is 14.3 Å². The minimum atomic E-state index is -0.477. The van der Waals surface area contributed by atoms with Crippen molar-refractivity contribution in [2.75, 3.05) is 20.3 Å². The summed E-state index contributed by atoms with van der Waals surface area (Å²) in [5.41, 5.74) is -0.477. The van der Waals surface area contributed by atoms with Gasteiger partial charge in [-0.1, -0.05) is 19.3 Å². The molecule has 0 spiro atoms. The van der Waals surface area contributed by atoms with E-state index in [1.54, 1.807) is 0 Å². The molecule has 4 nitrogen and oxygen atoms in total. The Hall–Kier alpha value is -0.610. The molecule has 0 aromatic heterocycles. The number of esters is 1. The van der Waals surface area contributed by atoms with Gasteiger partial charge in [-0.3, -0.25) is 4.79 Å². The maximum Gasteiger partial charge on any atom is 0.326 e. The summed E-state index contributed by atoms with van der Waals surface area (Å²) in [4.78, 5) is 12.3. The monoisotopic (exact) mass is 283 g/mol. The Balaban J connectivity index is 1.85. The zero-order valence-corrected chi connectivity index (χ0v) is 13.0. The van der Waals surface area contributed by atoms with Gasteiger partial charge in [0, 0.05) is 6.61 Å². The average Bonchev–Trinajstić information content (AvgIpc) is 3.09. The molecule has 1 N–H and O–H groups in total. The van der Waals surface area contributed by atoms with E-state index in [0.29, 0.717) is 18.6 Å². The molecule has 0 aliphatic heterocycles. The van der Waals surface area contributed by atoms with Crippen LogP contribution in [0.15, 0.2) is 0 Å². The molecule has 0 amide bonds. The van der Waals surface area contributed by atoms with Crippen LogP contribution in [0.2, 0.25) is 0 Å². The van der Waals surface area contributed by atoms with Crippen LogP contribution in [0.5, 0.6) is 0 Å². The lowest BCUT2D eigenvalue weighted by Crippen LogP contribution is -2.54. The van der Waals surface area contributed by atoms with E-state index in [-0.39, 0.29) is 5.97 Å². The lowest BCUT2D eigenvalue weighted by atomic mass is 9.85. The molecular weight excluding hydrogens is 254 g/mol. The summed E-state index contributed by atoms with van der Waals surface area (Å²) in [6.45, 7) is 3.10. The van der Waals surface area contributed by atoms with Crippen molar-refractivity contribution in [2.45, 2.75) is 69.9 Å². The molecule has 0 radical (unpaired) electrons. The van der Waals surface area contributed by atoms with Crippen molar-refractivity contribution in [3.63, 3.8) is 0 Å². The molecule has 2 aliphatic rings. The molecule has 2 fully saturated rings. The van der Waals surface area contributed by atoms with Crippen LogP contribution in [0, 0.1) is 5.92 Å². The Labute approximate surface area is 122 Å². The molecule has 4 heteroatoms. The van der Waals surface area contributed by atoms with E-state index in [4.69, 9.17) is 9.47 Å². The minimum absolute atomic E-state index is 0.0779. The molecule has 0 aromatic carbocycles. The second-order valence-electron chi connectivity index (χ2n) is 6.10. The quantitative estimate of drug-likeness (QED) is 0.730. The van der Waals surface area contributed by atoms with Gasteiger partial charge in [-0.15, -0.1) is 0 Å². The first-order valence-electron chi connectivity index (χ1n) is 8.20. The predicted molar refractivity (Wildman–Crippen MR) is 78.6 cm³/mol. The van der Waals surface area contributed by atoms with Crippen molar-refractivity contribution in [2.24, 2.45) is 5.92 Å². The normalized spacial score (nSPS) is 30.8. The van der Waals surface area contributed by atoms with Crippen LogP contribution in [-0.4, -0.2) is 37.9 Å². The second-order valence-corrected chi connectivity index (χ2v) is 6.10. The van der Waals surface area contributed by atoms with Crippen molar-refractivity contribution in [1.82, 2.24) is 5.32 Å². The lowest BCUT2D eigenvalue weighted by Gasteiger charge is -2.33. The van der Waals surface area contributed by atoms with E-state index in [0.717, 1.165) is 32.3 Å². The molecule has 2 aliphatic carbocycles. The van der Waals surface area contributed by atoms with Gasteiger partial charge in [0.25, 0.3) is 0 Å². The zero-order chi connectivity index (χ0) is 14.4. The number of carbonyl (C=O) groups excluding carboxylic acids is 1. The topological polar surface area (TPSA) is 47.6 Å². The standard InChI is InChI=1S/C16H29NO3/c1-3-19-15(18)16(17-2)11-6-7-13(16)10-12-20-14-8-4-5-9-14/h13-14,17H,3-12H2,1-2H3. The molecule has 0 saturated heterocycles. The predicted octanol–water partition coefficient (Wildman–Crippen LogP) is 2.66. The first kappa shape index (κ1) is 15.8. The second kappa shape index (κ2) is 7.41. The Morgan fingerprint density at radius 3 is 2.65 bits per heavy atom. The van der Waals surface area contributed by atoms with Crippen LogP contribution in [0.4, 0.5) is 0 Å². The van der Waals surface area contributed by atoms with Gasteiger partial charge < -0.3 is 14.8 Å². The van der Waals surface area contributed by atoms with Crippen molar-refractivity contribution in [3.05, 3.63) is 0 Å². The Bertz CT molecular complexity index is 315. The SMILES string of the molecule is CCOC(=O)C1(NC)CCCC1CCOC1CCCC1. The summed E-state index contributed by atoms with van der Waals surface area (Å²) in [7, 11) is 1.88. The maximum atomic E-state index is 12.3. The molecule has 0 aromatic rings. The summed E-state index contributed by atoms with van der Waals surface area (Å²) in [5.74, 6) is 0.263. The fourth-order valence-electron chi connectivity index (χ4n) is 3.86. The van der Waals surface area contributed by atoms with Gasteiger partial charge in [0.1, 0.15) is 5.54 Å². The van der Waals surface area contributed by atoms with Gasteiger partial charge in [0.2, 0.25) is 0 Å². The van der Waals surface area contributed by atoms with E-state index in [9.17, 15) is 4.79 Å². The highest BCUT2D eigenvalue weighted by atomic mass is 16.5. The highest BCUT2D eigenvalue weighted by molar-refractivity contribution is 5.81. The highest BCUT2D eigenvalue weighted by Gasteiger charge is 2.48. The summed E-state index contributed by atoms with van der Waals surface area (Å²) >= 11 is 0. The number of nitrogens with one attached hydrogen (secondary N) is 1. The molecule has 2 unspecified atom stereocenters. The van der Waals surface area contributed by atoms with E-state index in [1.165, 1.54) is 25.7 Å². The summed E-state index contributed by atoms with van der Waals surface area (Å²) in [5, 5.41) is 3.26. The Kier molecular flexibility index (Phi) is 5.85. The maximum absolute atomic E-state index is 12.3. The van der Waals surface area contributed by atoms with Gasteiger partial charge in [-0.05, 0) is 52.0 Å². The van der Waals surface area contributed by atoms with Crippen LogP contribution in [0.1, 0.15) is 58.3 Å². The van der Waals surface area contributed by atoms with Crippen LogP contribution in [0.25, 0.3) is 0 Å². The molecule has 116 valence electrons. The zero-order valence-electron chi connectivity index (χ0n) is 13.0. The van der Waals surface area contributed by atoms with Gasteiger partial charge in [0.15, 0.2) is 0 Å². The molecular formula is C16H29NO3. The molecule has 20 heavy (non-hydrogen) atoms. The number of hydrogen-bond acceptors (Lipinski definition) is 4. The number of ether oxygens (including phenoxy) is 2. The van der Waals surface area contributed by atoms with Gasteiger partial charge in [0.05, 0.1) is 12.7 Å². The first-order chi connectivity index (χ1) is 9.73. The third-order valence-corrected chi connectivity index (χ3v) is 5.03. The summed E-state index contributed by atoms with van der Waals surface area (Å²) in [6, 6.07) is 0. The van der Waals surface area contributed by atoms with E-state index in [2.05, 4.69) is 5.32 Å². The number of hydrogen-bond donors (Lipinski definition) is 1. The van der Waals surface area contributed by atoms with Crippen LogP contribution in [0.3, 0.4) is 0 Å². The number of likely N-dealkylation sites (N-methyl/N-ethyl adjacent to an activating group) is 1. The van der Waals surface area contributed by atoms with Crippen molar-refractivity contribution >= 4 is 5.97 Å². The van der Waals surface area contributed by atoms with Gasteiger partial charge in [-0.25, -0.2) is 0 Å². The molecule has 2 saturated carbocycles. The fraction of sp³-hybridized carbons (Fsp3) is 0.938. The van der Waals surface area contributed by atoms with E-state index >= 15 is 0 Å². The Morgan fingerprint density at radius 1 is 1.25 bits per heavy atom. The van der Waals surface area contributed by atoms with Crippen molar-refractivity contribution in [3.8, 4) is 0 Å². The molecule has 0 heterocycles. The van der Waals surface area contributed by atoms with Crippen molar-refractivity contribution < 1.29 is 14.3 Å². The molecule has 2 atom stereocenters. The smallest absolute Gasteiger partial charge is 0.326 e. The van der Waals surface area contributed by atoms with Crippen LogP contribution < -0.4 is 5.32 Å². The Morgan fingerprint density at radius 2 is 2.00 bits per heavy atom. The van der Waals surface area contributed by atoms with Crippen LogP contribution >= 0.6 is 0 Å². The third-order valence-electron chi connectivity index (χ3n) is 5.03. The molecule has 0 bridgehead atoms. The largest absolute Gasteiger partial charge is 0.465 e. The number of rotatable bonds is 7. The number of carbonyl (C=O) groups is 1. The lowest BCUT2D eigenvalue weighted by molar-refractivity contribution is -0.153. The summed E-state index contributed by atoms with van der Waals surface area (Å²) < 4.78 is 11.3. The molecule has 2 rings (SSSR count). The fourth-order valence-corrected chi connectivity index (χ4v) is 3.86. The first-order valence-corrected chi connectivity index (χ1v) is 8.20. The summed E-state index contributed by atoms with van der Waals surface area (Å²) in [6.07, 6.45) is 9.50. The van der Waals surface area contributed by atoms with Gasteiger partial charge in [-0.2, -0.15) is 0 Å². The third kappa shape index (κ3) is 3.34. The van der Waals surface area contributed by atoms with Gasteiger partial charge >= 0.3 is 5.97 Å². The average molecular weight is 283 g/mol.